The highest BCUT2D eigenvalue weighted by Crippen LogP contribution is 2.47. The number of carbonyl (C=O) groups excluding carboxylic acids is 2. The molecule has 2 heterocycles. The Kier molecular flexibility index (Phi) is 4.35. The molecular formula is C20H25NO4. The van der Waals surface area contributed by atoms with Crippen molar-refractivity contribution in [2.45, 2.75) is 53.4 Å². The van der Waals surface area contributed by atoms with Crippen molar-refractivity contribution < 1.29 is 18.7 Å². The van der Waals surface area contributed by atoms with Crippen LogP contribution < -0.4 is 5.32 Å². The normalized spacial score (nSPS) is 22.6. The Bertz CT molecular complexity index is 794. The molecule has 25 heavy (non-hydrogen) atoms. The van der Waals surface area contributed by atoms with Gasteiger partial charge in [0.25, 0.3) is 0 Å². The number of nitrogens with one attached hydrogen (secondary N) is 1. The zero-order valence-corrected chi connectivity index (χ0v) is 15.5. The molecule has 0 spiro atoms. The number of esters is 1. The molecule has 134 valence electrons. The number of hydrogen-bond acceptors (Lipinski definition) is 5. The average Bonchev–Trinajstić information content (AvgIpc) is 2.90. The van der Waals surface area contributed by atoms with E-state index >= 15 is 0 Å². The molecular weight excluding hydrogens is 318 g/mol. The van der Waals surface area contributed by atoms with Crippen molar-refractivity contribution in [2.75, 3.05) is 6.61 Å². The molecule has 0 radical (unpaired) electrons. The lowest BCUT2D eigenvalue weighted by molar-refractivity contribution is -0.138. The third-order valence-corrected chi connectivity index (χ3v) is 4.78. The van der Waals surface area contributed by atoms with Crippen molar-refractivity contribution in [3.8, 4) is 0 Å². The molecule has 5 heteroatoms. The van der Waals surface area contributed by atoms with Crippen LogP contribution in [0.3, 0.4) is 0 Å². The van der Waals surface area contributed by atoms with Crippen LogP contribution in [0.2, 0.25) is 0 Å². The van der Waals surface area contributed by atoms with Crippen LogP contribution in [0.5, 0.6) is 0 Å². The van der Waals surface area contributed by atoms with E-state index in [-0.39, 0.29) is 17.8 Å². The second-order valence-electron chi connectivity index (χ2n) is 7.60. The molecule has 0 bridgehead atoms. The first-order chi connectivity index (χ1) is 11.7. The standard InChI is InChI=1S/C20H25NO4/c1-6-24-19(23)16-12(3)21-13-9-20(4,5)10-14(22)17(13)18(16)15-8-7-11(2)25-15/h7-8,18,21H,6,9-10H2,1-5H3/t18-/m1/s1. The maximum Gasteiger partial charge on any atom is 0.336 e. The summed E-state index contributed by atoms with van der Waals surface area (Å²) in [7, 11) is 0. The fraction of sp³-hybridized carbons (Fsp3) is 0.500. The van der Waals surface area contributed by atoms with E-state index in [0.717, 1.165) is 23.6 Å². The largest absolute Gasteiger partial charge is 0.465 e. The van der Waals surface area contributed by atoms with E-state index in [9.17, 15) is 9.59 Å². The predicted octanol–water partition coefficient (Wildman–Crippen LogP) is 3.76. The van der Waals surface area contributed by atoms with E-state index in [4.69, 9.17) is 9.15 Å². The smallest absolute Gasteiger partial charge is 0.336 e. The highest BCUT2D eigenvalue weighted by molar-refractivity contribution is 6.04. The Hall–Kier alpha value is -2.30. The summed E-state index contributed by atoms with van der Waals surface area (Å²) in [6.07, 6.45) is 1.22. The van der Waals surface area contributed by atoms with Crippen LogP contribution in [-0.4, -0.2) is 18.4 Å². The minimum absolute atomic E-state index is 0.0621. The third kappa shape index (κ3) is 3.15. The van der Waals surface area contributed by atoms with E-state index in [1.54, 1.807) is 6.92 Å². The molecule has 0 aromatic carbocycles. The topological polar surface area (TPSA) is 68.5 Å². The average molecular weight is 343 g/mol. The van der Waals surface area contributed by atoms with Crippen molar-refractivity contribution >= 4 is 11.8 Å². The van der Waals surface area contributed by atoms with Crippen LogP contribution in [-0.2, 0) is 14.3 Å². The summed E-state index contributed by atoms with van der Waals surface area (Å²) in [6, 6.07) is 3.70. The highest BCUT2D eigenvalue weighted by atomic mass is 16.5. The SMILES string of the molecule is CCOC(=O)C1=C(C)NC2=C(C(=O)CC(C)(C)C2)[C@@H]1c1ccc(C)o1. The van der Waals surface area contributed by atoms with Gasteiger partial charge in [-0.15, -0.1) is 0 Å². The summed E-state index contributed by atoms with van der Waals surface area (Å²) >= 11 is 0. The van der Waals surface area contributed by atoms with Crippen LogP contribution in [0.1, 0.15) is 58.0 Å². The molecule has 1 aromatic heterocycles. The Morgan fingerprint density at radius 1 is 1.32 bits per heavy atom. The number of hydrogen-bond donors (Lipinski definition) is 1. The third-order valence-electron chi connectivity index (χ3n) is 4.78. The molecule has 1 aromatic rings. The van der Waals surface area contributed by atoms with Gasteiger partial charge in [-0.2, -0.15) is 0 Å². The van der Waals surface area contributed by atoms with Crippen molar-refractivity contribution in [2.24, 2.45) is 5.41 Å². The Morgan fingerprint density at radius 2 is 2.04 bits per heavy atom. The number of ketones is 1. The highest BCUT2D eigenvalue weighted by Gasteiger charge is 2.44. The zero-order valence-electron chi connectivity index (χ0n) is 15.5. The van der Waals surface area contributed by atoms with E-state index in [1.165, 1.54) is 0 Å². The summed E-state index contributed by atoms with van der Waals surface area (Å²) in [5.74, 6) is 0.512. The molecule has 5 nitrogen and oxygen atoms in total. The first-order valence-electron chi connectivity index (χ1n) is 8.71. The van der Waals surface area contributed by atoms with Gasteiger partial charge in [-0.05, 0) is 44.7 Å². The molecule has 1 aliphatic heterocycles. The molecule has 1 aliphatic carbocycles. The lowest BCUT2D eigenvalue weighted by atomic mass is 9.69. The van der Waals surface area contributed by atoms with Gasteiger partial charge in [0.05, 0.1) is 18.1 Å². The first kappa shape index (κ1) is 17.5. The number of rotatable bonds is 3. The van der Waals surface area contributed by atoms with Gasteiger partial charge in [0.1, 0.15) is 11.5 Å². The van der Waals surface area contributed by atoms with Gasteiger partial charge in [-0.25, -0.2) is 4.79 Å². The second kappa shape index (κ2) is 6.21. The van der Waals surface area contributed by atoms with Gasteiger partial charge >= 0.3 is 5.97 Å². The lowest BCUT2D eigenvalue weighted by Gasteiger charge is -2.38. The fourth-order valence-electron chi connectivity index (χ4n) is 3.81. The maximum absolute atomic E-state index is 13.0. The summed E-state index contributed by atoms with van der Waals surface area (Å²) in [6.45, 7) is 9.93. The number of ether oxygens (including phenoxy) is 1. The maximum atomic E-state index is 13.0. The molecule has 1 N–H and O–H groups in total. The molecule has 0 unspecified atom stereocenters. The quantitative estimate of drug-likeness (QED) is 0.847. The van der Waals surface area contributed by atoms with Gasteiger partial charge in [0.2, 0.25) is 0 Å². The van der Waals surface area contributed by atoms with E-state index in [1.807, 2.05) is 26.0 Å². The first-order valence-corrected chi connectivity index (χ1v) is 8.71. The van der Waals surface area contributed by atoms with Crippen molar-refractivity contribution in [3.63, 3.8) is 0 Å². The van der Waals surface area contributed by atoms with Gasteiger partial charge in [-0.3, -0.25) is 4.79 Å². The van der Waals surface area contributed by atoms with E-state index in [2.05, 4.69) is 19.2 Å². The molecule has 1 atom stereocenters. The van der Waals surface area contributed by atoms with Gasteiger partial charge < -0.3 is 14.5 Å². The number of allylic oxidation sites excluding steroid dienone is 3. The Labute approximate surface area is 148 Å². The number of furan rings is 1. The van der Waals surface area contributed by atoms with Crippen LogP contribution in [0.15, 0.2) is 39.1 Å². The summed E-state index contributed by atoms with van der Waals surface area (Å²) in [5.41, 5.74) is 2.62. The summed E-state index contributed by atoms with van der Waals surface area (Å²) < 4.78 is 11.1. The van der Waals surface area contributed by atoms with Crippen LogP contribution in [0.4, 0.5) is 0 Å². The van der Waals surface area contributed by atoms with Crippen LogP contribution in [0.25, 0.3) is 0 Å². The molecule has 3 rings (SSSR count). The van der Waals surface area contributed by atoms with Gasteiger partial charge in [-0.1, -0.05) is 13.8 Å². The molecule has 0 fully saturated rings. The lowest BCUT2D eigenvalue weighted by Crippen LogP contribution is -2.38. The minimum Gasteiger partial charge on any atom is -0.465 e. The van der Waals surface area contributed by atoms with Crippen LogP contribution >= 0.6 is 0 Å². The van der Waals surface area contributed by atoms with Crippen molar-refractivity contribution in [1.29, 1.82) is 0 Å². The summed E-state index contributed by atoms with van der Waals surface area (Å²) in [4.78, 5) is 25.6. The predicted molar refractivity (Wildman–Crippen MR) is 93.7 cm³/mol. The van der Waals surface area contributed by atoms with E-state index in [0.29, 0.717) is 23.3 Å². The number of dihydropyridines is 1. The Morgan fingerprint density at radius 3 is 2.64 bits per heavy atom. The fourth-order valence-corrected chi connectivity index (χ4v) is 3.81. The molecule has 0 saturated heterocycles. The molecule has 2 aliphatic rings. The van der Waals surface area contributed by atoms with Crippen molar-refractivity contribution in [1.82, 2.24) is 5.32 Å². The number of carbonyl (C=O) groups is 2. The summed E-state index contributed by atoms with van der Waals surface area (Å²) in [5, 5.41) is 3.30. The minimum atomic E-state index is -0.507. The number of Topliss-reactive ketones (excluding diaryl/α,β-unsaturated/α-hetero) is 1. The monoisotopic (exact) mass is 343 g/mol. The molecule has 0 saturated carbocycles. The zero-order chi connectivity index (χ0) is 18.4. The van der Waals surface area contributed by atoms with E-state index < -0.39 is 11.9 Å². The Balaban J connectivity index is 2.15. The number of aryl methyl sites for hydroxylation is 1. The van der Waals surface area contributed by atoms with Crippen molar-refractivity contribution in [3.05, 3.63) is 46.2 Å². The van der Waals surface area contributed by atoms with Gasteiger partial charge in [0.15, 0.2) is 5.78 Å². The molecule has 0 amide bonds. The van der Waals surface area contributed by atoms with Gasteiger partial charge in [0, 0.05) is 23.4 Å². The van der Waals surface area contributed by atoms with Crippen LogP contribution in [0, 0.1) is 12.3 Å². The second-order valence-corrected chi connectivity index (χ2v) is 7.60.